The van der Waals surface area contributed by atoms with Gasteiger partial charge in [-0.05, 0) is 22.9 Å². The van der Waals surface area contributed by atoms with Crippen LogP contribution in [0.25, 0.3) is 21.5 Å². The van der Waals surface area contributed by atoms with E-state index in [4.69, 9.17) is 9.84 Å². The van der Waals surface area contributed by atoms with Gasteiger partial charge in [-0.25, -0.2) is 9.59 Å². The van der Waals surface area contributed by atoms with Crippen LogP contribution in [-0.2, 0) is 9.53 Å². The third kappa shape index (κ3) is 4.80. The number of carboxylic acid groups (broad SMARTS) is 1. The highest BCUT2D eigenvalue weighted by molar-refractivity contribution is 6.00. The Morgan fingerprint density at radius 3 is 2.30 bits per heavy atom. The Hall–Kier alpha value is -4.32. The summed E-state index contributed by atoms with van der Waals surface area (Å²) in [6.45, 7) is 1.77. The van der Waals surface area contributed by atoms with Gasteiger partial charge in [-0.15, -0.1) is 0 Å². The fourth-order valence-electron chi connectivity index (χ4n) is 3.93. The molecule has 33 heavy (non-hydrogen) atoms. The van der Waals surface area contributed by atoms with Gasteiger partial charge in [0.15, 0.2) is 0 Å². The largest absolute Gasteiger partial charge is 0.507 e. The van der Waals surface area contributed by atoms with E-state index in [9.17, 15) is 14.7 Å². The van der Waals surface area contributed by atoms with Crippen molar-refractivity contribution in [2.75, 3.05) is 5.32 Å². The summed E-state index contributed by atoms with van der Waals surface area (Å²) >= 11 is 0. The molecule has 0 fully saturated rings. The molecule has 0 aliphatic rings. The minimum absolute atomic E-state index is 0.113. The normalized spacial score (nSPS) is 13.1. The number of hydrogen-bond acceptors (Lipinski definition) is 4. The van der Waals surface area contributed by atoms with Gasteiger partial charge in [0.1, 0.15) is 11.9 Å². The van der Waals surface area contributed by atoms with Gasteiger partial charge in [-0.1, -0.05) is 79.7 Å². The fourth-order valence-corrected chi connectivity index (χ4v) is 3.93. The molecule has 1 amide bonds. The van der Waals surface area contributed by atoms with Gasteiger partial charge in [0.25, 0.3) is 0 Å². The number of ether oxygens (including phenoxy) is 1. The van der Waals surface area contributed by atoms with Crippen LogP contribution in [0, 0.1) is 5.92 Å². The summed E-state index contributed by atoms with van der Waals surface area (Å²) in [6.07, 6.45) is 1.07. The van der Waals surface area contributed by atoms with E-state index in [1.165, 1.54) is 6.08 Å². The second-order valence-electron chi connectivity index (χ2n) is 7.75. The summed E-state index contributed by atoms with van der Waals surface area (Å²) in [6, 6.07) is 23.8. The second-order valence-corrected chi connectivity index (χ2v) is 7.75. The van der Waals surface area contributed by atoms with Crippen molar-refractivity contribution < 1.29 is 24.5 Å². The number of fused-ring (bicyclic) bond motifs is 2. The number of phenolic OH excluding ortho intramolecular Hbond substituents is 1. The van der Waals surface area contributed by atoms with Crippen molar-refractivity contribution in [3.63, 3.8) is 0 Å². The van der Waals surface area contributed by atoms with Gasteiger partial charge in [-0.3, -0.25) is 5.32 Å². The lowest BCUT2D eigenvalue weighted by Crippen LogP contribution is -2.21. The number of anilines is 1. The summed E-state index contributed by atoms with van der Waals surface area (Å²) in [7, 11) is 0. The second kappa shape index (κ2) is 9.44. The molecule has 3 N–H and O–H groups in total. The topological polar surface area (TPSA) is 95.9 Å². The molecule has 6 heteroatoms. The molecule has 0 heterocycles. The van der Waals surface area contributed by atoms with Crippen molar-refractivity contribution in [2.45, 2.75) is 13.0 Å². The Morgan fingerprint density at radius 1 is 0.879 bits per heavy atom. The molecule has 0 bridgehead atoms. The van der Waals surface area contributed by atoms with E-state index in [0.29, 0.717) is 16.6 Å². The quantitative estimate of drug-likeness (QED) is 0.307. The highest BCUT2D eigenvalue weighted by atomic mass is 16.6. The van der Waals surface area contributed by atoms with Crippen LogP contribution in [0.2, 0.25) is 0 Å². The van der Waals surface area contributed by atoms with Crippen LogP contribution in [0.1, 0.15) is 18.6 Å². The maximum Gasteiger partial charge on any atom is 0.412 e. The molecule has 0 aliphatic heterocycles. The van der Waals surface area contributed by atoms with Gasteiger partial charge >= 0.3 is 12.1 Å². The number of benzene rings is 4. The Morgan fingerprint density at radius 2 is 1.55 bits per heavy atom. The molecule has 6 nitrogen and oxygen atoms in total. The molecule has 4 rings (SSSR count). The van der Waals surface area contributed by atoms with E-state index in [0.717, 1.165) is 22.2 Å². The summed E-state index contributed by atoms with van der Waals surface area (Å²) in [5, 5.41) is 25.3. The molecule has 0 saturated carbocycles. The smallest absolute Gasteiger partial charge is 0.412 e. The standard InChI is InChI=1S/C27H23NO5/c1-17(13-16-25(30)31)26(22-14-15-24(29)21-11-5-4-10-20(21)22)33-27(32)28-23-12-6-8-18-7-2-3-9-19(18)23/h2-17,26,29H,1H3,(H,28,32)(H,30,31)/b16-13+/t17-,26-/m1/s1. The molecule has 4 aromatic carbocycles. The molecule has 0 unspecified atom stereocenters. The third-order valence-corrected chi connectivity index (χ3v) is 5.52. The SMILES string of the molecule is C[C@H](/C=C/C(=O)O)[C@@H](OC(=O)Nc1cccc2ccccc12)c1ccc(O)c2ccccc12. The van der Waals surface area contributed by atoms with Gasteiger partial charge < -0.3 is 14.9 Å². The van der Waals surface area contributed by atoms with Crippen molar-refractivity contribution in [3.05, 3.63) is 96.6 Å². The summed E-state index contributed by atoms with van der Waals surface area (Å²) < 4.78 is 5.86. The average Bonchev–Trinajstić information content (AvgIpc) is 2.82. The molecule has 0 aliphatic carbocycles. The van der Waals surface area contributed by atoms with Gasteiger partial charge in [0.2, 0.25) is 0 Å². The molecule has 0 radical (unpaired) electrons. The van der Waals surface area contributed by atoms with Crippen LogP contribution in [0.5, 0.6) is 5.75 Å². The minimum atomic E-state index is -1.09. The van der Waals surface area contributed by atoms with Crippen molar-refractivity contribution >= 4 is 39.3 Å². The number of aliphatic carboxylic acids is 1. The van der Waals surface area contributed by atoms with Gasteiger partial charge in [0.05, 0.1) is 5.69 Å². The van der Waals surface area contributed by atoms with Crippen molar-refractivity contribution in [1.29, 1.82) is 0 Å². The molecule has 4 aromatic rings. The summed E-state index contributed by atoms with van der Waals surface area (Å²) in [5.41, 5.74) is 1.28. The Kier molecular flexibility index (Phi) is 6.26. The first-order chi connectivity index (χ1) is 15.9. The highest BCUT2D eigenvalue weighted by Gasteiger charge is 2.25. The predicted molar refractivity (Wildman–Crippen MR) is 128 cm³/mol. The third-order valence-electron chi connectivity index (χ3n) is 5.52. The molecule has 0 aromatic heterocycles. The summed E-state index contributed by atoms with van der Waals surface area (Å²) in [5.74, 6) is -1.43. The number of carbonyl (C=O) groups excluding carboxylic acids is 1. The van der Waals surface area contributed by atoms with Crippen LogP contribution in [0.4, 0.5) is 10.5 Å². The van der Waals surface area contributed by atoms with Gasteiger partial charge in [0, 0.05) is 28.3 Å². The first kappa shape index (κ1) is 21.9. The Balaban J connectivity index is 1.69. The number of hydrogen-bond donors (Lipinski definition) is 3. The number of phenols is 1. The zero-order valence-electron chi connectivity index (χ0n) is 17.9. The number of aromatic hydroxyl groups is 1. The maximum atomic E-state index is 13.0. The lowest BCUT2D eigenvalue weighted by atomic mass is 9.92. The van der Waals surface area contributed by atoms with Gasteiger partial charge in [-0.2, -0.15) is 0 Å². The summed E-state index contributed by atoms with van der Waals surface area (Å²) in [4.78, 5) is 24.0. The molecule has 0 spiro atoms. The fraction of sp³-hybridized carbons (Fsp3) is 0.111. The zero-order valence-corrected chi connectivity index (χ0v) is 17.9. The van der Waals surface area contributed by atoms with Crippen molar-refractivity contribution in [1.82, 2.24) is 0 Å². The number of rotatable bonds is 6. The van der Waals surface area contributed by atoms with E-state index in [2.05, 4.69) is 5.32 Å². The number of carboxylic acids is 1. The molecule has 166 valence electrons. The monoisotopic (exact) mass is 441 g/mol. The van der Waals surface area contributed by atoms with Crippen molar-refractivity contribution in [3.8, 4) is 5.75 Å². The van der Waals surface area contributed by atoms with Crippen LogP contribution in [-0.4, -0.2) is 22.3 Å². The van der Waals surface area contributed by atoms with E-state index in [-0.39, 0.29) is 5.75 Å². The molecule has 0 saturated heterocycles. The number of carbonyl (C=O) groups is 2. The van der Waals surface area contributed by atoms with E-state index in [1.54, 1.807) is 31.2 Å². The van der Waals surface area contributed by atoms with E-state index < -0.39 is 24.1 Å². The zero-order chi connectivity index (χ0) is 23.4. The van der Waals surface area contributed by atoms with E-state index in [1.807, 2.05) is 54.6 Å². The average molecular weight is 441 g/mol. The first-order valence-corrected chi connectivity index (χ1v) is 10.5. The first-order valence-electron chi connectivity index (χ1n) is 10.5. The molecular weight excluding hydrogens is 418 g/mol. The van der Waals surface area contributed by atoms with Crippen LogP contribution < -0.4 is 5.32 Å². The predicted octanol–water partition coefficient (Wildman–Crippen LogP) is 6.27. The van der Waals surface area contributed by atoms with Crippen LogP contribution in [0.3, 0.4) is 0 Å². The Labute approximate surface area is 190 Å². The Bertz CT molecular complexity index is 1360. The number of nitrogens with one attached hydrogen (secondary N) is 1. The highest BCUT2D eigenvalue weighted by Crippen LogP contribution is 2.36. The molecule has 2 atom stereocenters. The maximum absolute atomic E-state index is 13.0. The van der Waals surface area contributed by atoms with Crippen LogP contribution in [0.15, 0.2) is 91.0 Å². The number of amides is 1. The molecular formula is C27H23NO5. The van der Waals surface area contributed by atoms with E-state index >= 15 is 0 Å². The lowest BCUT2D eigenvalue weighted by molar-refractivity contribution is -0.131. The minimum Gasteiger partial charge on any atom is -0.507 e. The lowest BCUT2D eigenvalue weighted by Gasteiger charge is -2.24. The van der Waals surface area contributed by atoms with Crippen LogP contribution >= 0.6 is 0 Å². The van der Waals surface area contributed by atoms with Crippen molar-refractivity contribution in [2.24, 2.45) is 5.92 Å².